The Balaban J connectivity index is 2.52. The van der Waals surface area contributed by atoms with Gasteiger partial charge in [0.2, 0.25) is 10.0 Å². The number of carbonyl (C=O) groups is 1. The van der Waals surface area contributed by atoms with Gasteiger partial charge in [0.1, 0.15) is 0 Å². The van der Waals surface area contributed by atoms with Crippen molar-refractivity contribution in [3.8, 4) is 0 Å². The average Bonchev–Trinajstić information content (AvgIpc) is 2.25. The number of ether oxygens (including phenoxy) is 1. The van der Waals surface area contributed by atoms with Gasteiger partial charge in [-0.3, -0.25) is 4.79 Å². The highest BCUT2D eigenvalue weighted by Crippen LogP contribution is 2.43. The summed E-state index contributed by atoms with van der Waals surface area (Å²) in [5, 5.41) is 8.48. The number of aliphatic carboxylic acids is 1. The van der Waals surface area contributed by atoms with Crippen molar-refractivity contribution in [3.05, 3.63) is 0 Å². The number of hydrogen-bond donors (Lipinski definition) is 2. The number of carboxylic acid groups (broad SMARTS) is 1. The van der Waals surface area contributed by atoms with Crippen LogP contribution in [-0.2, 0) is 19.6 Å². The minimum absolute atomic E-state index is 0.0506. The molecule has 0 aliphatic heterocycles. The van der Waals surface area contributed by atoms with Gasteiger partial charge in [0.05, 0.1) is 18.3 Å². The van der Waals surface area contributed by atoms with Crippen LogP contribution in [0.3, 0.4) is 0 Å². The van der Waals surface area contributed by atoms with E-state index in [1.807, 2.05) is 20.8 Å². The molecule has 2 unspecified atom stereocenters. The molecule has 0 saturated heterocycles. The van der Waals surface area contributed by atoms with Gasteiger partial charge < -0.3 is 9.84 Å². The first kappa shape index (κ1) is 15.4. The number of sulfonamides is 1. The van der Waals surface area contributed by atoms with Crippen molar-refractivity contribution in [2.75, 3.05) is 12.4 Å². The van der Waals surface area contributed by atoms with Crippen molar-refractivity contribution in [1.29, 1.82) is 0 Å². The molecule has 1 aliphatic rings. The molecule has 0 amide bonds. The standard InChI is InChI=1S/C11H21NO5S/c1-4-17-9-7-8(11(9,2)3)12-18(15,16)6-5-10(13)14/h8-9,12H,4-7H2,1-3H3,(H,13,14). The average molecular weight is 279 g/mol. The fraction of sp³-hybridized carbons (Fsp3) is 0.909. The summed E-state index contributed by atoms with van der Waals surface area (Å²) in [5.74, 6) is -1.49. The summed E-state index contributed by atoms with van der Waals surface area (Å²) in [6.45, 7) is 6.40. The van der Waals surface area contributed by atoms with E-state index in [1.165, 1.54) is 0 Å². The minimum atomic E-state index is -3.53. The van der Waals surface area contributed by atoms with Crippen molar-refractivity contribution in [1.82, 2.24) is 4.72 Å². The SMILES string of the molecule is CCOC1CC(NS(=O)(=O)CCC(=O)O)C1(C)C. The maximum atomic E-state index is 11.7. The fourth-order valence-corrected chi connectivity index (χ4v) is 3.46. The van der Waals surface area contributed by atoms with Crippen LogP contribution in [-0.4, -0.2) is 44.0 Å². The second-order valence-electron chi connectivity index (χ2n) is 5.13. The van der Waals surface area contributed by atoms with E-state index in [0.717, 1.165) is 0 Å². The van der Waals surface area contributed by atoms with Crippen LogP contribution >= 0.6 is 0 Å². The molecule has 1 aliphatic carbocycles. The van der Waals surface area contributed by atoms with Crippen molar-refractivity contribution >= 4 is 16.0 Å². The van der Waals surface area contributed by atoms with E-state index in [2.05, 4.69) is 4.72 Å². The largest absolute Gasteiger partial charge is 0.481 e. The lowest BCUT2D eigenvalue weighted by Crippen LogP contribution is -2.62. The van der Waals surface area contributed by atoms with Crippen molar-refractivity contribution in [3.63, 3.8) is 0 Å². The zero-order valence-electron chi connectivity index (χ0n) is 11.0. The summed E-state index contributed by atoms with van der Waals surface area (Å²) in [5.41, 5.74) is -0.258. The Hall–Kier alpha value is -0.660. The summed E-state index contributed by atoms with van der Waals surface area (Å²) < 4.78 is 31.4. The van der Waals surface area contributed by atoms with Crippen LogP contribution in [0, 0.1) is 5.41 Å². The summed E-state index contributed by atoms with van der Waals surface area (Å²) in [6.07, 6.45) is 0.305. The number of hydrogen-bond acceptors (Lipinski definition) is 4. The zero-order chi connectivity index (χ0) is 14.0. The van der Waals surface area contributed by atoms with Gasteiger partial charge in [-0.05, 0) is 13.3 Å². The molecule has 1 rings (SSSR count). The van der Waals surface area contributed by atoms with Gasteiger partial charge in [-0.15, -0.1) is 0 Å². The van der Waals surface area contributed by atoms with E-state index < -0.39 is 16.0 Å². The molecule has 0 radical (unpaired) electrons. The highest BCUT2D eigenvalue weighted by Gasteiger charge is 2.50. The van der Waals surface area contributed by atoms with Crippen LogP contribution in [0.1, 0.15) is 33.6 Å². The third kappa shape index (κ3) is 3.66. The van der Waals surface area contributed by atoms with Gasteiger partial charge in [0, 0.05) is 18.1 Å². The predicted molar refractivity (Wildman–Crippen MR) is 66.8 cm³/mol. The Morgan fingerprint density at radius 1 is 1.50 bits per heavy atom. The lowest BCUT2D eigenvalue weighted by molar-refractivity contribution is -0.136. The fourth-order valence-electron chi connectivity index (χ4n) is 2.07. The van der Waals surface area contributed by atoms with Gasteiger partial charge in [-0.1, -0.05) is 13.8 Å². The van der Waals surface area contributed by atoms with E-state index in [0.29, 0.717) is 13.0 Å². The maximum absolute atomic E-state index is 11.7. The van der Waals surface area contributed by atoms with E-state index >= 15 is 0 Å². The minimum Gasteiger partial charge on any atom is -0.481 e. The van der Waals surface area contributed by atoms with Crippen LogP contribution in [0.2, 0.25) is 0 Å². The van der Waals surface area contributed by atoms with Gasteiger partial charge in [-0.25, -0.2) is 13.1 Å². The molecular weight excluding hydrogens is 258 g/mol. The van der Waals surface area contributed by atoms with Crippen LogP contribution in [0.15, 0.2) is 0 Å². The number of carboxylic acids is 1. The van der Waals surface area contributed by atoms with E-state index in [-0.39, 0.29) is 29.7 Å². The smallest absolute Gasteiger partial charge is 0.304 e. The molecule has 0 spiro atoms. The van der Waals surface area contributed by atoms with Crippen LogP contribution in [0.5, 0.6) is 0 Å². The van der Waals surface area contributed by atoms with Gasteiger partial charge in [0.15, 0.2) is 0 Å². The van der Waals surface area contributed by atoms with Crippen molar-refractivity contribution in [2.45, 2.75) is 45.8 Å². The van der Waals surface area contributed by atoms with Gasteiger partial charge in [-0.2, -0.15) is 0 Å². The topological polar surface area (TPSA) is 92.7 Å². The first-order valence-corrected chi connectivity index (χ1v) is 7.67. The summed E-state index contributed by atoms with van der Waals surface area (Å²) in [4.78, 5) is 10.4. The molecule has 1 saturated carbocycles. The molecule has 1 fully saturated rings. The molecule has 2 atom stereocenters. The molecule has 18 heavy (non-hydrogen) atoms. The molecule has 0 bridgehead atoms. The number of nitrogens with one attached hydrogen (secondary N) is 1. The Bertz CT molecular complexity index is 404. The Labute approximate surface area is 108 Å². The Morgan fingerprint density at radius 2 is 2.11 bits per heavy atom. The summed E-state index contributed by atoms with van der Waals surface area (Å²) >= 11 is 0. The maximum Gasteiger partial charge on any atom is 0.304 e. The van der Waals surface area contributed by atoms with Crippen molar-refractivity contribution < 1.29 is 23.1 Å². The monoisotopic (exact) mass is 279 g/mol. The quantitative estimate of drug-likeness (QED) is 0.711. The summed E-state index contributed by atoms with van der Waals surface area (Å²) in [7, 11) is -3.53. The molecular formula is C11H21NO5S. The second kappa shape index (κ2) is 5.54. The van der Waals surface area contributed by atoms with Crippen LogP contribution in [0.25, 0.3) is 0 Å². The highest BCUT2D eigenvalue weighted by molar-refractivity contribution is 7.89. The molecule has 0 aromatic carbocycles. The molecule has 106 valence electrons. The molecule has 0 aromatic rings. The molecule has 0 heterocycles. The zero-order valence-corrected chi connectivity index (χ0v) is 11.8. The lowest BCUT2D eigenvalue weighted by Gasteiger charge is -2.51. The highest BCUT2D eigenvalue weighted by atomic mass is 32.2. The third-order valence-corrected chi connectivity index (χ3v) is 4.84. The lowest BCUT2D eigenvalue weighted by atomic mass is 9.65. The van der Waals surface area contributed by atoms with E-state index in [4.69, 9.17) is 9.84 Å². The first-order valence-electron chi connectivity index (χ1n) is 6.02. The molecule has 2 N–H and O–H groups in total. The Morgan fingerprint density at radius 3 is 2.56 bits per heavy atom. The van der Waals surface area contributed by atoms with Crippen LogP contribution < -0.4 is 4.72 Å². The number of rotatable bonds is 7. The molecule has 6 nitrogen and oxygen atoms in total. The van der Waals surface area contributed by atoms with E-state index in [9.17, 15) is 13.2 Å². The Kier molecular flexibility index (Phi) is 4.74. The summed E-state index contributed by atoms with van der Waals surface area (Å²) in [6, 6.07) is -0.187. The van der Waals surface area contributed by atoms with Crippen molar-refractivity contribution in [2.24, 2.45) is 5.41 Å². The normalized spacial score (nSPS) is 26.6. The van der Waals surface area contributed by atoms with E-state index in [1.54, 1.807) is 0 Å². The molecule has 0 aromatic heterocycles. The van der Waals surface area contributed by atoms with Gasteiger partial charge >= 0.3 is 5.97 Å². The predicted octanol–water partition coefficient (Wildman–Crippen LogP) is 0.584. The van der Waals surface area contributed by atoms with Gasteiger partial charge in [0.25, 0.3) is 0 Å². The molecule has 7 heteroatoms. The first-order chi connectivity index (χ1) is 8.19. The third-order valence-electron chi connectivity index (χ3n) is 3.45. The second-order valence-corrected chi connectivity index (χ2v) is 7.01. The van der Waals surface area contributed by atoms with Crippen LogP contribution in [0.4, 0.5) is 0 Å².